The molecule has 15 heavy (non-hydrogen) atoms. The van der Waals surface area contributed by atoms with Crippen molar-refractivity contribution in [2.24, 2.45) is 5.92 Å². The predicted octanol–water partition coefficient (Wildman–Crippen LogP) is 4.24. The molecular weight excluding hydrogens is 226 g/mol. The highest BCUT2D eigenvalue weighted by Gasteiger charge is 2.25. The van der Waals surface area contributed by atoms with Crippen molar-refractivity contribution in [3.05, 3.63) is 21.3 Å². The summed E-state index contributed by atoms with van der Waals surface area (Å²) in [6, 6.07) is 2.48. The lowest BCUT2D eigenvalue weighted by molar-refractivity contribution is 0.284. The maximum Gasteiger partial charge on any atom is 0.0561 e. The van der Waals surface area contributed by atoms with Crippen molar-refractivity contribution in [3.63, 3.8) is 0 Å². The monoisotopic (exact) mass is 243 g/mol. The van der Waals surface area contributed by atoms with Gasteiger partial charge in [-0.15, -0.1) is 11.3 Å². The van der Waals surface area contributed by atoms with Crippen molar-refractivity contribution >= 4 is 22.9 Å². The Morgan fingerprint density at radius 2 is 2.13 bits per heavy atom. The van der Waals surface area contributed by atoms with E-state index in [0.29, 0.717) is 6.04 Å². The lowest BCUT2D eigenvalue weighted by Gasteiger charge is -2.29. The second-order valence-electron chi connectivity index (χ2n) is 4.30. The Labute approximate surface area is 101 Å². The molecule has 0 aliphatic heterocycles. The van der Waals surface area contributed by atoms with Gasteiger partial charge >= 0.3 is 0 Å². The summed E-state index contributed by atoms with van der Waals surface area (Å²) in [6.07, 6.45) is 6.86. The van der Waals surface area contributed by atoms with Crippen LogP contribution in [0.1, 0.15) is 43.0 Å². The number of rotatable bonds is 3. The van der Waals surface area contributed by atoms with Crippen LogP contribution in [0, 0.1) is 5.92 Å². The standard InChI is InChI=1S/C12H18ClNS/c1-14-11(9-5-3-2-4-6-9)12-10(13)7-8-15-12/h7-9,11,14H,2-6H2,1H3. The van der Waals surface area contributed by atoms with E-state index in [4.69, 9.17) is 11.6 Å². The minimum Gasteiger partial charge on any atom is -0.312 e. The van der Waals surface area contributed by atoms with Gasteiger partial charge in [0.25, 0.3) is 0 Å². The topological polar surface area (TPSA) is 12.0 Å². The van der Waals surface area contributed by atoms with Crippen LogP contribution in [0.3, 0.4) is 0 Å². The number of halogens is 1. The van der Waals surface area contributed by atoms with Crippen molar-refractivity contribution in [2.75, 3.05) is 7.05 Å². The molecule has 1 nitrogen and oxygen atoms in total. The summed E-state index contributed by atoms with van der Waals surface area (Å²) in [4.78, 5) is 1.33. The molecule has 0 amide bonds. The number of hydrogen-bond donors (Lipinski definition) is 1. The molecule has 2 rings (SSSR count). The van der Waals surface area contributed by atoms with Crippen LogP contribution in [0.25, 0.3) is 0 Å². The summed E-state index contributed by atoms with van der Waals surface area (Å²) in [5.41, 5.74) is 0. The van der Waals surface area contributed by atoms with E-state index < -0.39 is 0 Å². The summed E-state index contributed by atoms with van der Waals surface area (Å²) < 4.78 is 0. The van der Waals surface area contributed by atoms with Gasteiger partial charge in [0.1, 0.15) is 0 Å². The van der Waals surface area contributed by atoms with Gasteiger partial charge in [-0.2, -0.15) is 0 Å². The first-order chi connectivity index (χ1) is 7.33. The summed E-state index contributed by atoms with van der Waals surface area (Å²) >= 11 is 7.98. The summed E-state index contributed by atoms with van der Waals surface area (Å²) in [6.45, 7) is 0. The Hall–Kier alpha value is -0.0500. The Bertz CT molecular complexity index is 304. The van der Waals surface area contributed by atoms with Gasteiger partial charge in [-0.3, -0.25) is 0 Å². The molecule has 0 bridgehead atoms. The lowest BCUT2D eigenvalue weighted by atomic mass is 9.83. The molecule has 1 saturated carbocycles. The SMILES string of the molecule is CNC(c1sccc1Cl)C1CCCCC1. The molecule has 1 heterocycles. The zero-order valence-electron chi connectivity index (χ0n) is 9.13. The number of hydrogen-bond acceptors (Lipinski definition) is 2. The van der Waals surface area contributed by atoms with Gasteiger partial charge in [-0.05, 0) is 37.3 Å². The molecule has 1 aromatic heterocycles. The van der Waals surface area contributed by atoms with Crippen molar-refractivity contribution in [1.29, 1.82) is 0 Å². The van der Waals surface area contributed by atoms with Crippen LogP contribution in [0.4, 0.5) is 0 Å². The highest BCUT2D eigenvalue weighted by atomic mass is 35.5. The van der Waals surface area contributed by atoms with Crippen molar-refractivity contribution in [3.8, 4) is 0 Å². The zero-order chi connectivity index (χ0) is 10.7. The third-order valence-electron chi connectivity index (χ3n) is 3.36. The lowest BCUT2D eigenvalue weighted by Crippen LogP contribution is -2.26. The van der Waals surface area contributed by atoms with Crippen molar-refractivity contribution in [2.45, 2.75) is 38.1 Å². The molecule has 1 aliphatic carbocycles. The minimum absolute atomic E-state index is 0.470. The van der Waals surface area contributed by atoms with E-state index in [0.717, 1.165) is 10.9 Å². The van der Waals surface area contributed by atoms with Gasteiger partial charge in [0.2, 0.25) is 0 Å². The molecule has 0 radical (unpaired) electrons. The van der Waals surface area contributed by atoms with E-state index in [-0.39, 0.29) is 0 Å². The van der Waals surface area contributed by atoms with Gasteiger partial charge in [0.05, 0.1) is 5.02 Å². The molecule has 0 aromatic carbocycles. The number of thiophene rings is 1. The molecule has 3 heteroatoms. The van der Waals surface area contributed by atoms with E-state index in [1.807, 2.05) is 6.07 Å². The second-order valence-corrected chi connectivity index (χ2v) is 5.65. The highest BCUT2D eigenvalue weighted by Crippen LogP contribution is 2.39. The smallest absolute Gasteiger partial charge is 0.0561 e. The quantitative estimate of drug-likeness (QED) is 0.837. The molecule has 1 unspecified atom stereocenters. The minimum atomic E-state index is 0.470. The van der Waals surface area contributed by atoms with Crippen LogP contribution in [-0.2, 0) is 0 Å². The highest BCUT2D eigenvalue weighted by molar-refractivity contribution is 7.10. The Balaban J connectivity index is 2.12. The molecule has 84 valence electrons. The first kappa shape index (κ1) is 11.4. The summed E-state index contributed by atoms with van der Waals surface area (Å²) in [5.74, 6) is 0.778. The molecule has 1 fully saturated rings. The van der Waals surface area contributed by atoms with Crippen molar-refractivity contribution < 1.29 is 0 Å². The largest absolute Gasteiger partial charge is 0.312 e. The number of nitrogens with one attached hydrogen (secondary N) is 1. The normalized spacial score (nSPS) is 20.4. The van der Waals surface area contributed by atoms with Crippen LogP contribution in [0.2, 0.25) is 5.02 Å². The first-order valence-electron chi connectivity index (χ1n) is 5.73. The molecule has 1 aromatic rings. The van der Waals surface area contributed by atoms with Crippen LogP contribution >= 0.6 is 22.9 Å². The third-order valence-corrected chi connectivity index (χ3v) is 4.80. The molecule has 1 aliphatic rings. The van der Waals surface area contributed by atoms with Crippen LogP contribution < -0.4 is 5.32 Å². The Morgan fingerprint density at radius 3 is 2.67 bits per heavy atom. The molecular formula is C12H18ClNS. The van der Waals surface area contributed by atoms with Crippen LogP contribution in [0.15, 0.2) is 11.4 Å². The zero-order valence-corrected chi connectivity index (χ0v) is 10.7. The van der Waals surface area contributed by atoms with E-state index in [1.54, 1.807) is 11.3 Å². The molecule has 1 atom stereocenters. The molecule has 0 saturated heterocycles. The average Bonchev–Trinajstić information content (AvgIpc) is 2.68. The summed E-state index contributed by atoms with van der Waals surface area (Å²) in [7, 11) is 2.05. The van der Waals surface area contributed by atoms with Gasteiger partial charge in [0, 0.05) is 10.9 Å². The Morgan fingerprint density at radius 1 is 1.40 bits per heavy atom. The fraction of sp³-hybridized carbons (Fsp3) is 0.667. The maximum absolute atomic E-state index is 6.20. The predicted molar refractivity (Wildman–Crippen MR) is 67.7 cm³/mol. The third kappa shape index (κ3) is 2.55. The maximum atomic E-state index is 6.20. The van der Waals surface area contributed by atoms with Crippen molar-refractivity contribution in [1.82, 2.24) is 5.32 Å². The first-order valence-corrected chi connectivity index (χ1v) is 6.99. The van der Waals surface area contributed by atoms with E-state index in [2.05, 4.69) is 17.7 Å². The van der Waals surface area contributed by atoms with Gasteiger partial charge in [-0.1, -0.05) is 30.9 Å². The van der Waals surface area contributed by atoms with E-state index in [9.17, 15) is 0 Å². The molecule has 1 N–H and O–H groups in total. The van der Waals surface area contributed by atoms with Gasteiger partial charge < -0.3 is 5.32 Å². The summed E-state index contributed by atoms with van der Waals surface area (Å²) in [5, 5.41) is 6.46. The fourth-order valence-corrected chi connectivity index (χ4v) is 3.95. The van der Waals surface area contributed by atoms with E-state index in [1.165, 1.54) is 37.0 Å². The second kappa shape index (κ2) is 5.33. The fourth-order valence-electron chi connectivity index (χ4n) is 2.58. The van der Waals surface area contributed by atoms with Gasteiger partial charge in [-0.25, -0.2) is 0 Å². The van der Waals surface area contributed by atoms with E-state index >= 15 is 0 Å². The average molecular weight is 244 g/mol. The van der Waals surface area contributed by atoms with Gasteiger partial charge in [0.15, 0.2) is 0 Å². The molecule has 0 spiro atoms. The van der Waals surface area contributed by atoms with Crippen LogP contribution in [-0.4, -0.2) is 7.05 Å². The van der Waals surface area contributed by atoms with Crippen LogP contribution in [0.5, 0.6) is 0 Å². The Kier molecular flexibility index (Phi) is 4.06.